The van der Waals surface area contributed by atoms with Gasteiger partial charge in [0, 0.05) is 19.6 Å². The third-order valence-corrected chi connectivity index (χ3v) is 4.77. The van der Waals surface area contributed by atoms with Crippen LogP contribution in [-0.4, -0.2) is 77.7 Å². The Morgan fingerprint density at radius 2 is 2.04 bits per heavy atom. The molecule has 1 atom stereocenters. The van der Waals surface area contributed by atoms with Crippen molar-refractivity contribution in [1.82, 2.24) is 19.8 Å². The van der Waals surface area contributed by atoms with Crippen molar-refractivity contribution < 1.29 is 14.3 Å². The Balaban J connectivity index is 1.64. The van der Waals surface area contributed by atoms with Crippen LogP contribution in [0.3, 0.4) is 0 Å². The number of nitrogens with zero attached hydrogens (tertiary/aromatic N) is 4. The van der Waals surface area contributed by atoms with Crippen molar-refractivity contribution in [3.8, 4) is 5.88 Å². The minimum Gasteiger partial charge on any atom is -0.472 e. The lowest BCUT2D eigenvalue weighted by molar-refractivity contribution is 0.0297. The van der Waals surface area contributed by atoms with Gasteiger partial charge in [0.25, 0.3) is 5.91 Å². The SMILES string of the molecule is C=CCC[C@@H](CN1CCCC1)Oc1cncc(C(=O)N2CCOCC2)n1. The molecule has 26 heavy (non-hydrogen) atoms. The van der Waals surface area contributed by atoms with E-state index in [2.05, 4.69) is 21.4 Å². The van der Waals surface area contributed by atoms with Crippen molar-refractivity contribution in [1.29, 1.82) is 0 Å². The third-order valence-electron chi connectivity index (χ3n) is 4.77. The number of hydrogen-bond donors (Lipinski definition) is 0. The maximum Gasteiger partial charge on any atom is 0.274 e. The summed E-state index contributed by atoms with van der Waals surface area (Å²) in [5.41, 5.74) is 0.327. The van der Waals surface area contributed by atoms with Gasteiger partial charge in [-0.05, 0) is 38.8 Å². The number of rotatable bonds is 8. The maximum atomic E-state index is 12.6. The molecule has 1 amide bonds. The van der Waals surface area contributed by atoms with Gasteiger partial charge in [-0.2, -0.15) is 0 Å². The van der Waals surface area contributed by atoms with Crippen molar-refractivity contribution >= 4 is 5.91 Å². The van der Waals surface area contributed by atoms with E-state index in [1.54, 1.807) is 11.1 Å². The Hall–Kier alpha value is -1.99. The van der Waals surface area contributed by atoms with Crippen LogP contribution in [0, 0.1) is 0 Å². The highest BCUT2D eigenvalue weighted by Crippen LogP contribution is 2.16. The minimum absolute atomic E-state index is 0.0224. The van der Waals surface area contributed by atoms with Crippen LogP contribution in [-0.2, 0) is 4.74 Å². The Morgan fingerprint density at radius 3 is 2.77 bits per heavy atom. The molecule has 0 aromatic carbocycles. The molecular weight excluding hydrogens is 332 g/mol. The number of carbonyl (C=O) groups is 1. The van der Waals surface area contributed by atoms with Crippen LogP contribution in [0.4, 0.5) is 0 Å². The van der Waals surface area contributed by atoms with Gasteiger partial charge in [-0.1, -0.05) is 6.08 Å². The Bertz CT molecular complexity index is 598. The van der Waals surface area contributed by atoms with Crippen LogP contribution in [0.2, 0.25) is 0 Å². The normalized spacial score (nSPS) is 19.3. The van der Waals surface area contributed by atoms with Gasteiger partial charge >= 0.3 is 0 Å². The monoisotopic (exact) mass is 360 g/mol. The fraction of sp³-hybridized carbons (Fsp3) is 0.632. The first-order valence-corrected chi connectivity index (χ1v) is 9.45. The second-order valence-corrected chi connectivity index (χ2v) is 6.76. The van der Waals surface area contributed by atoms with E-state index < -0.39 is 0 Å². The molecule has 3 rings (SSSR count). The molecule has 0 N–H and O–H groups in total. The molecule has 0 saturated carbocycles. The number of morpholine rings is 1. The molecule has 0 bridgehead atoms. The molecule has 7 heteroatoms. The lowest BCUT2D eigenvalue weighted by atomic mass is 10.2. The summed E-state index contributed by atoms with van der Waals surface area (Å²) in [4.78, 5) is 25.3. The number of aromatic nitrogens is 2. The van der Waals surface area contributed by atoms with Gasteiger partial charge in [0.1, 0.15) is 6.10 Å². The first-order chi connectivity index (χ1) is 12.8. The van der Waals surface area contributed by atoms with E-state index in [0.29, 0.717) is 37.9 Å². The Labute approximate surface area is 155 Å². The van der Waals surface area contributed by atoms with Crippen LogP contribution < -0.4 is 4.74 Å². The topological polar surface area (TPSA) is 67.8 Å². The van der Waals surface area contributed by atoms with E-state index >= 15 is 0 Å². The van der Waals surface area contributed by atoms with E-state index in [9.17, 15) is 4.79 Å². The lowest BCUT2D eigenvalue weighted by Crippen LogP contribution is -2.41. The zero-order chi connectivity index (χ0) is 18.2. The highest BCUT2D eigenvalue weighted by atomic mass is 16.5. The number of hydrogen-bond acceptors (Lipinski definition) is 6. The molecular formula is C19H28N4O3. The fourth-order valence-electron chi connectivity index (χ4n) is 3.35. The van der Waals surface area contributed by atoms with Crippen molar-refractivity contribution in [2.45, 2.75) is 31.8 Å². The minimum atomic E-state index is -0.117. The molecule has 7 nitrogen and oxygen atoms in total. The van der Waals surface area contributed by atoms with E-state index in [1.807, 2.05) is 6.08 Å². The largest absolute Gasteiger partial charge is 0.472 e. The summed E-state index contributed by atoms with van der Waals surface area (Å²) in [6.07, 6.45) is 9.28. The van der Waals surface area contributed by atoms with Gasteiger partial charge in [0.15, 0.2) is 5.69 Å². The highest BCUT2D eigenvalue weighted by molar-refractivity contribution is 5.92. The summed E-state index contributed by atoms with van der Waals surface area (Å²) in [7, 11) is 0. The van der Waals surface area contributed by atoms with Crippen LogP contribution in [0.1, 0.15) is 36.2 Å². The van der Waals surface area contributed by atoms with Crippen LogP contribution >= 0.6 is 0 Å². The van der Waals surface area contributed by atoms with E-state index in [0.717, 1.165) is 32.5 Å². The van der Waals surface area contributed by atoms with Gasteiger partial charge in [0.05, 0.1) is 25.6 Å². The van der Waals surface area contributed by atoms with E-state index in [4.69, 9.17) is 9.47 Å². The first-order valence-electron chi connectivity index (χ1n) is 9.45. The molecule has 142 valence electrons. The number of likely N-dealkylation sites (tertiary alicyclic amines) is 1. The van der Waals surface area contributed by atoms with Gasteiger partial charge in [0.2, 0.25) is 5.88 Å². The van der Waals surface area contributed by atoms with Crippen molar-refractivity contribution in [2.75, 3.05) is 45.9 Å². The quantitative estimate of drug-likeness (QED) is 0.658. The smallest absolute Gasteiger partial charge is 0.274 e. The Morgan fingerprint density at radius 1 is 1.27 bits per heavy atom. The number of ether oxygens (including phenoxy) is 2. The van der Waals surface area contributed by atoms with Crippen LogP contribution in [0.15, 0.2) is 25.0 Å². The second kappa shape index (κ2) is 9.64. The molecule has 0 aliphatic carbocycles. The maximum absolute atomic E-state index is 12.6. The summed E-state index contributed by atoms with van der Waals surface area (Å²) < 4.78 is 11.4. The molecule has 1 aromatic rings. The molecule has 2 aliphatic heterocycles. The van der Waals surface area contributed by atoms with Gasteiger partial charge in [-0.15, -0.1) is 6.58 Å². The predicted octanol–water partition coefficient (Wildman–Crippen LogP) is 1.76. The van der Waals surface area contributed by atoms with Crippen molar-refractivity contribution in [2.24, 2.45) is 0 Å². The van der Waals surface area contributed by atoms with Gasteiger partial charge in [-0.3, -0.25) is 14.7 Å². The zero-order valence-electron chi connectivity index (χ0n) is 15.3. The zero-order valence-corrected chi connectivity index (χ0v) is 15.3. The third kappa shape index (κ3) is 5.25. The highest BCUT2D eigenvalue weighted by Gasteiger charge is 2.22. The van der Waals surface area contributed by atoms with Crippen LogP contribution in [0.25, 0.3) is 0 Å². The lowest BCUT2D eigenvalue weighted by Gasteiger charge is -2.26. The Kier molecular flexibility index (Phi) is 6.96. The molecule has 3 heterocycles. The van der Waals surface area contributed by atoms with Gasteiger partial charge in [-0.25, -0.2) is 4.98 Å². The summed E-state index contributed by atoms with van der Waals surface area (Å²) in [5.74, 6) is 0.297. The second-order valence-electron chi connectivity index (χ2n) is 6.76. The molecule has 0 spiro atoms. The number of carbonyl (C=O) groups excluding carboxylic acids is 1. The molecule has 1 aromatic heterocycles. The van der Waals surface area contributed by atoms with Crippen LogP contribution in [0.5, 0.6) is 5.88 Å². The predicted molar refractivity (Wildman–Crippen MR) is 98.3 cm³/mol. The van der Waals surface area contributed by atoms with Crippen molar-refractivity contribution in [3.63, 3.8) is 0 Å². The fourth-order valence-corrected chi connectivity index (χ4v) is 3.35. The first kappa shape index (κ1) is 18.8. The summed E-state index contributed by atoms with van der Waals surface area (Å²) in [6, 6.07) is 0. The molecule has 2 saturated heterocycles. The summed E-state index contributed by atoms with van der Waals surface area (Å²) in [6.45, 7) is 9.22. The van der Waals surface area contributed by atoms with E-state index in [-0.39, 0.29) is 12.0 Å². The van der Waals surface area contributed by atoms with Crippen molar-refractivity contribution in [3.05, 3.63) is 30.7 Å². The summed E-state index contributed by atoms with van der Waals surface area (Å²) >= 11 is 0. The van der Waals surface area contributed by atoms with E-state index in [1.165, 1.54) is 19.0 Å². The number of amides is 1. The standard InChI is InChI=1S/C19H28N4O3/c1-2-3-6-16(15-22-7-4-5-8-22)26-18-14-20-13-17(21-18)19(24)23-9-11-25-12-10-23/h2,13-14,16H,1,3-12,15H2/t16-/m0/s1. The molecule has 2 fully saturated rings. The molecule has 2 aliphatic rings. The van der Waals surface area contributed by atoms with Gasteiger partial charge < -0.3 is 14.4 Å². The average Bonchev–Trinajstić information content (AvgIpc) is 3.19. The summed E-state index contributed by atoms with van der Waals surface area (Å²) in [5, 5.41) is 0. The molecule has 0 radical (unpaired) electrons. The average molecular weight is 360 g/mol. The number of allylic oxidation sites excluding steroid dienone is 1. The molecule has 0 unspecified atom stereocenters.